The number of carboxylic acid groups (broad SMARTS) is 1. The Labute approximate surface area is 129 Å². The van der Waals surface area contributed by atoms with Gasteiger partial charge in [0.05, 0.1) is 25.1 Å². The molecule has 0 aliphatic carbocycles. The second-order valence-electron chi connectivity index (χ2n) is 5.81. The minimum absolute atomic E-state index is 0.493. The van der Waals surface area contributed by atoms with Gasteiger partial charge < -0.3 is 25.8 Å². The van der Waals surface area contributed by atoms with Crippen molar-refractivity contribution < 1.29 is 14.6 Å². The van der Waals surface area contributed by atoms with Crippen LogP contribution in [-0.2, 0) is 9.53 Å². The number of aliphatic carboxylic acids is 1. The first-order valence-corrected chi connectivity index (χ1v) is 7.78. The standard InChI is InChI=1S/C14H23N5O3/c15-11-10-16-14(13(20)21,19-6-8-22-9-7-19)17-12(11)18-4-2-1-3-5-18/h10,17H,1-9,15H2,(H,20,21). The monoisotopic (exact) mass is 309 g/mol. The molecular weight excluding hydrogens is 286 g/mol. The highest BCUT2D eigenvalue weighted by molar-refractivity contribution is 5.87. The number of likely N-dealkylation sites (tertiary alicyclic amines) is 1. The first-order valence-electron chi connectivity index (χ1n) is 7.78. The molecule has 3 rings (SSSR count). The summed E-state index contributed by atoms with van der Waals surface area (Å²) in [6.45, 7) is 3.81. The smallest absolute Gasteiger partial charge is 0.369 e. The van der Waals surface area contributed by atoms with Crippen LogP contribution in [0, 0.1) is 0 Å². The lowest BCUT2D eigenvalue weighted by atomic mass is 10.1. The van der Waals surface area contributed by atoms with Crippen molar-refractivity contribution >= 4 is 12.2 Å². The third-order valence-electron chi connectivity index (χ3n) is 4.40. The van der Waals surface area contributed by atoms with Crippen LogP contribution in [0.3, 0.4) is 0 Å². The SMILES string of the molecule is NC1=C(N2CCCCC2)NC(C(=O)O)(N2CCOCC2)N=C1. The number of carboxylic acids is 1. The molecule has 0 aromatic rings. The predicted octanol–water partition coefficient (Wildman–Crippen LogP) is -0.655. The predicted molar refractivity (Wildman–Crippen MR) is 81.0 cm³/mol. The van der Waals surface area contributed by atoms with Gasteiger partial charge in [0.1, 0.15) is 5.82 Å². The Kier molecular flexibility index (Phi) is 4.21. The lowest BCUT2D eigenvalue weighted by molar-refractivity contribution is -0.157. The van der Waals surface area contributed by atoms with Crippen LogP contribution in [0.4, 0.5) is 0 Å². The van der Waals surface area contributed by atoms with Crippen molar-refractivity contribution in [2.45, 2.75) is 25.0 Å². The highest BCUT2D eigenvalue weighted by Gasteiger charge is 2.47. The van der Waals surface area contributed by atoms with Crippen molar-refractivity contribution in [3.05, 3.63) is 11.5 Å². The fraction of sp³-hybridized carbons (Fsp3) is 0.714. The van der Waals surface area contributed by atoms with Crippen molar-refractivity contribution in [3.63, 3.8) is 0 Å². The summed E-state index contributed by atoms with van der Waals surface area (Å²) in [6, 6.07) is 0. The molecule has 1 atom stereocenters. The largest absolute Gasteiger partial charge is 0.477 e. The van der Waals surface area contributed by atoms with Gasteiger partial charge in [0.2, 0.25) is 0 Å². The summed E-state index contributed by atoms with van der Waals surface area (Å²) in [5.74, 6) is -1.82. The zero-order chi connectivity index (χ0) is 15.6. The van der Waals surface area contributed by atoms with Crippen LogP contribution in [-0.4, -0.2) is 72.3 Å². The van der Waals surface area contributed by atoms with Gasteiger partial charge in [-0.25, -0.2) is 14.7 Å². The minimum atomic E-state index is -1.49. The number of morpholine rings is 1. The third-order valence-corrected chi connectivity index (χ3v) is 4.40. The van der Waals surface area contributed by atoms with Gasteiger partial charge in [-0.1, -0.05) is 0 Å². The lowest BCUT2D eigenvalue weighted by Crippen LogP contribution is -2.67. The molecule has 0 spiro atoms. The van der Waals surface area contributed by atoms with Crippen molar-refractivity contribution in [2.75, 3.05) is 39.4 Å². The van der Waals surface area contributed by atoms with Crippen LogP contribution in [0.5, 0.6) is 0 Å². The number of piperidine rings is 1. The van der Waals surface area contributed by atoms with Gasteiger partial charge in [0.15, 0.2) is 0 Å². The van der Waals surface area contributed by atoms with E-state index in [9.17, 15) is 9.90 Å². The maximum Gasteiger partial charge on any atom is 0.369 e. The summed E-state index contributed by atoms with van der Waals surface area (Å²) in [4.78, 5) is 20.1. The fourth-order valence-electron chi connectivity index (χ4n) is 3.16. The molecule has 0 aromatic carbocycles. The van der Waals surface area contributed by atoms with Crippen LogP contribution in [0.15, 0.2) is 16.5 Å². The van der Waals surface area contributed by atoms with Gasteiger partial charge in [-0.05, 0) is 19.3 Å². The van der Waals surface area contributed by atoms with E-state index in [1.54, 1.807) is 4.90 Å². The Hall–Kier alpha value is -1.80. The van der Waals surface area contributed by atoms with Crippen LogP contribution in [0.2, 0.25) is 0 Å². The summed E-state index contributed by atoms with van der Waals surface area (Å²) in [5.41, 5.74) is 6.54. The van der Waals surface area contributed by atoms with Crippen molar-refractivity contribution in [1.29, 1.82) is 0 Å². The third kappa shape index (κ3) is 2.64. The van der Waals surface area contributed by atoms with E-state index >= 15 is 0 Å². The summed E-state index contributed by atoms with van der Waals surface area (Å²) >= 11 is 0. The highest BCUT2D eigenvalue weighted by atomic mass is 16.5. The molecule has 0 saturated carbocycles. The molecule has 0 amide bonds. The number of hydrogen-bond donors (Lipinski definition) is 3. The van der Waals surface area contributed by atoms with Crippen molar-refractivity contribution in [2.24, 2.45) is 10.7 Å². The lowest BCUT2D eigenvalue weighted by Gasteiger charge is -2.44. The summed E-state index contributed by atoms with van der Waals surface area (Å²) in [7, 11) is 0. The van der Waals surface area contributed by atoms with E-state index in [0.29, 0.717) is 37.8 Å². The number of carbonyl (C=O) groups is 1. The molecule has 0 radical (unpaired) electrons. The van der Waals surface area contributed by atoms with E-state index in [2.05, 4.69) is 15.2 Å². The van der Waals surface area contributed by atoms with Gasteiger partial charge in [-0.2, -0.15) is 0 Å². The Bertz CT molecular complexity index is 495. The number of allylic oxidation sites excluding steroid dienone is 1. The van der Waals surface area contributed by atoms with Crippen LogP contribution >= 0.6 is 0 Å². The molecule has 3 aliphatic heterocycles. The molecule has 8 nitrogen and oxygen atoms in total. The van der Waals surface area contributed by atoms with Gasteiger partial charge in [0.25, 0.3) is 5.79 Å². The number of ether oxygens (including phenoxy) is 1. The minimum Gasteiger partial charge on any atom is -0.477 e. The quantitative estimate of drug-likeness (QED) is 0.636. The number of nitrogens with two attached hydrogens (primary N) is 1. The molecule has 8 heteroatoms. The molecule has 22 heavy (non-hydrogen) atoms. The maximum absolute atomic E-state index is 12.0. The van der Waals surface area contributed by atoms with E-state index in [0.717, 1.165) is 25.9 Å². The molecule has 0 aromatic heterocycles. The molecule has 0 bridgehead atoms. The van der Waals surface area contributed by atoms with E-state index in [-0.39, 0.29) is 0 Å². The Morgan fingerprint density at radius 3 is 2.59 bits per heavy atom. The molecule has 1 unspecified atom stereocenters. The molecule has 2 saturated heterocycles. The van der Waals surface area contributed by atoms with E-state index in [1.807, 2.05) is 0 Å². The number of rotatable bonds is 3. The van der Waals surface area contributed by atoms with Gasteiger partial charge in [0, 0.05) is 26.2 Å². The molecule has 3 heterocycles. The first kappa shape index (κ1) is 15.1. The first-order chi connectivity index (χ1) is 10.6. The Morgan fingerprint density at radius 2 is 1.95 bits per heavy atom. The molecule has 4 N–H and O–H groups in total. The summed E-state index contributed by atoms with van der Waals surface area (Å²) < 4.78 is 5.32. The average Bonchev–Trinajstić information content (AvgIpc) is 2.57. The molecule has 2 fully saturated rings. The normalized spacial score (nSPS) is 30.3. The number of nitrogens with zero attached hydrogens (tertiary/aromatic N) is 3. The van der Waals surface area contributed by atoms with E-state index < -0.39 is 11.8 Å². The number of hydrogen-bond acceptors (Lipinski definition) is 7. The Balaban J connectivity index is 1.87. The topological polar surface area (TPSA) is 103 Å². The van der Waals surface area contributed by atoms with Crippen LogP contribution < -0.4 is 11.1 Å². The van der Waals surface area contributed by atoms with Crippen LogP contribution in [0.1, 0.15) is 19.3 Å². The second kappa shape index (κ2) is 6.13. The molecule has 122 valence electrons. The summed E-state index contributed by atoms with van der Waals surface area (Å²) in [6.07, 6.45) is 4.86. The molecule has 3 aliphatic rings. The average molecular weight is 309 g/mol. The Morgan fingerprint density at radius 1 is 1.27 bits per heavy atom. The number of nitrogens with one attached hydrogen (secondary N) is 1. The van der Waals surface area contributed by atoms with Crippen LogP contribution in [0.25, 0.3) is 0 Å². The van der Waals surface area contributed by atoms with Gasteiger partial charge in [-0.15, -0.1) is 0 Å². The number of aliphatic imine (C=N–C) groups is 1. The zero-order valence-corrected chi connectivity index (χ0v) is 12.6. The maximum atomic E-state index is 12.0. The van der Waals surface area contributed by atoms with Crippen molar-refractivity contribution in [1.82, 2.24) is 15.1 Å². The van der Waals surface area contributed by atoms with Crippen molar-refractivity contribution in [3.8, 4) is 0 Å². The van der Waals surface area contributed by atoms with Gasteiger partial charge >= 0.3 is 5.97 Å². The fourth-order valence-corrected chi connectivity index (χ4v) is 3.16. The van der Waals surface area contributed by atoms with E-state index in [4.69, 9.17) is 10.5 Å². The second-order valence-corrected chi connectivity index (χ2v) is 5.81. The van der Waals surface area contributed by atoms with E-state index in [1.165, 1.54) is 12.6 Å². The zero-order valence-electron chi connectivity index (χ0n) is 12.6. The summed E-state index contributed by atoms with van der Waals surface area (Å²) in [5, 5.41) is 12.9. The highest BCUT2D eigenvalue weighted by Crippen LogP contribution is 2.25. The molecular formula is C14H23N5O3. The van der Waals surface area contributed by atoms with Gasteiger partial charge in [-0.3, -0.25) is 0 Å².